The first-order valence-electron chi connectivity index (χ1n) is 8.98. The summed E-state index contributed by atoms with van der Waals surface area (Å²) in [6, 6.07) is 9.95. The van der Waals surface area contributed by atoms with Gasteiger partial charge in [0.15, 0.2) is 6.61 Å². The van der Waals surface area contributed by atoms with Gasteiger partial charge in [-0.15, -0.1) is 0 Å². The fourth-order valence-corrected chi connectivity index (χ4v) is 5.00. The van der Waals surface area contributed by atoms with Crippen molar-refractivity contribution in [1.29, 1.82) is 0 Å². The number of carbonyl (C=O) groups is 1. The molecule has 0 spiro atoms. The number of hydrogen-bond acceptors (Lipinski definition) is 4. The van der Waals surface area contributed by atoms with E-state index in [1.807, 2.05) is 26.0 Å². The predicted octanol–water partition coefficient (Wildman–Crippen LogP) is 4.11. The monoisotopic (exact) mass is 468 g/mol. The number of aryl methyl sites for hydroxylation is 2. The smallest absolute Gasteiger partial charge is 0.262 e. The van der Waals surface area contributed by atoms with E-state index in [0.29, 0.717) is 18.8 Å². The molecule has 0 fully saturated rings. The molecule has 0 radical (unpaired) electrons. The summed E-state index contributed by atoms with van der Waals surface area (Å²) < 4.78 is 32.8. The molecule has 2 aromatic carbocycles. The second-order valence-electron chi connectivity index (χ2n) is 6.31. The van der Waals surface area contributed by atoms with Crippen molar-refractivity contribution in [3.05, 3.63) is 52.0 Å². The van der Waals surface area contributed by atoms with Crippen LogP contribution < -0.4 is 10.1 Å². The number of benzene rings is 2. The molecular formula is C20H25BrN2O4S. The van der Waals surface area contributed by atoms with Crippen LogP contribution in [0.3, 0.4) is 0 Å². The zero-order valence-electron chi connectivity index (χ0n) is 16.5. The molecule has 0 atom stereocenters. The maximum absolute atomic E-state index is 12.5. The molecular weight excluding hydrogens is 444 g/mol. The number of sulfonamides is 1. The third-order valence-corrected chi connectivity index (χ3v) is 6.82. The van der Waals surface area contributed by atoms with Gasteiger partial charge in [0.2, 0.25) is 10.0 Å². The first kappa shape index (κ1) is 22.4. The molecule has 2 aromatic rings. The van der Waals surface area contributed by atoms with Crippen LogP contribution in [0.4, 0.5) is 5.69 Å². The summed E-state index contributed by atoms with van der Waals surface area (Å²) in [6.07, 6.45) is 0. The number of halogens is 1. The van der Waals surface area contributed by atoms with E-state index in [1.165, 1.54) is 16.4 Å². The summed E-state index contributed by atoms with van der Waals surface area (Å²) in [5, 5.41) is 2.85. The van der Waals surface area contributed by atoms with E-state index in [9.17, 15) is 13.2 Å². The number of nitrogens with zero attached hydrogens (tertiary/aromatic N) is 1. The Hall–Kier alpha value is -1.90. The van der Waals surface area contributed by atoms with Crippen molar-refractivity contribution < 1.29 is 17.9 Å². The van der Waals surface area contributed by atoms with Crippen LogP contribution >= 0.6 is 15.9 Å². The van der Waals surface area contributed by atoms with Crippen LogP contribution in [0.15, 0.2) is 45.8 Å². The maximum atomic E-state index is 12.5. The van der Waals surface area contributed by atoms with E-state index in [2.05, 4.69) is 21.2 Å². The molecule has 1 N–H and O–H groups in total. The number of nitrogens with one attached hydrogen (secondary N) is 1. The molecule has 2 rings (SSSR count). The van der Waals surface area contributed by atoms with Crippen LogP contribution in [0.5, 0.6) is 5.75 Å². The minimum Gasteiger partial charge on any atom is -0.484 e. The fraction of sp³-hybridized carbons (Fsp3) is 0.350. The number of hydrogen-bond donors (Lipinski definition) is 1. The Labute approximate surface area is 175 Å². The quantitative estimate of drug-likeness (QED) is 0.632. The van der Waals surface area contributed by atoms with E-state index < -0.39 is 10.0 Å². The van der Waals surface area contributed by atoms with Crippen molar-refractivity contribution in [3.8, 4) is 5.75 Å². The van der Waals surface area contributed by atoms with Crippen molar-refractivity contribution >= 4 is 37.5 Å². The zero-order valence-corrected chi connectivity index (χ0v) is 18.9. The Bertz CT molecular complexity index is 916. The normalized spacial score (nSPS) is 11.5. The summed E-state index contributed by atoms with van der Waals surface area (Å²) in [7, 11) is -3.51. The summed E-state index contributed by atoms with van der Waals surface area (Å²) in [6.45, 7) is 8.08. The predicted molar refractivity (Wildman–Crippen MR) is 114 cm³/mol. The standard InChI is InChI=1S/C20H25BrN2O4S/c1-5-23(6-2)28(25,26)18-9-7-17(8-10-18)27-13-19(24)22-20-14(3)11-16(21)12-15(20)4/h7-12H,5-6,13H2,1-4H3,(H,22,24). The number of ether oxygens (including phenoxy) is 1. The molecule has 0 aromatic heterocycles. The Kier molecular flexibility index (Phi) is 7.63. The average molecular weight is 469 g/mol. The van der Waals surface area contributed by atoms with Crippen LogP contribution in [-0.2, 0) is 14.8 Å². The van der Waals surface area contributed by atoms with Gasteiger partial charge >= 0.3 is 0 Å². The van der Waals surface area contributed by atoms with Crippen LogP contribution in [-0.4, -0.2) is 38.3 Å². The van der Waals surface area contributed by atoms with Crippen LogP contribution in [0, 0.1) is 13.8 Å². The molecule has 0 saturated heterocycles. The fourth-order valence-electron chi connectivity index (χ4n) is 2.85. The van der Waals surface area contributed by atoms with E-state index in [1.54, 1.807) is 26.0 Å². The molecule has 0 heterocycles. The van der Waals surface area contributed by atoms with Gasteiger partial charge in [0.05, 0.1) is 4.90 Å². The van der Waals surface area contributed by atoms with E-state index in [-0.39, 0.29) is 17.4 Å². The highest BCUT2D eigenvalue weighted by Gasteiger charge is 2.21. The summed E-state index contributed by atoms with van der Waals surface area (Å²) in [5.74, 6) is 0.145. The van der Waals surface area contributed by atoms with Crippen molar-refractivity contribution in [1.82, 2.24) is 4.31 Å². The first-order chi connectivity index (χ1) is 13.2. The molecule has 0 aliphatic heterocycles. The Morgan fingerprint density at radius 3 is 2.11 bits per heavy atom. The van der Waals surface area contributed by atoms with Gasteiger partial charge in [0, 0.05) is 23.2 Å². The van der Waals surface area contributed by atoms with Crippen molar-refractivity contribution in [2.24, 2.45) is 0 Å². The van der Waals surface area contributed by atoms with Crippen LogP contribution in [0.25, 0.3) is 0 Å². The molecule has 28 heavy (non-hydrogen) atoms. The highest BCUT2D eigenvalue weighted by molar-refractivity contribution is 9.10. The molecule has 0 bridgehead atoms. The summed E-state index contributed by atoms with van der Waals surface area (Å²) in [5.41, 5.74) is 2.66. The molecule has 6 nitrogen and oxygen atoms in total. The van der Waals surface area contributed by atoms with Gasteiger partial charge in [-0.05, 0) is 61.4 Å². The van der Waals surface area contributed by atoms with Gasteiger partial charge in [-0.25, -0.2) is 8.42 Å². The lowest BCUT2D eigenvalue weighted by Crippen LogP contribution is -2.30. The zero-order chi connectivity index (χ0) is 20.9. The topological polar surface area (TPSA) is 75.7 Å². The SMILES string of the molecule is CCN(CC)S(=O)(=O)c1ccc(OCC(=O)Nc2c(C)cc(Br)cc2C)cc1. The number of rotatable bonds is 8. The van der Waals surface area contributed by atoms with Gasteiger partial charge in [-0.3, -0.25) is 4.79 Å². The lowest BCUT2D eigenvalue weighted by molar-refractivity contribution is -0.118. The Balaban J connectivity index is 2.01. The molecule has 0 aliphatic carbocycles. The van der Waals surface area contributed by atoms with Crippen molar-refractivity contribution in [2.45, 2.75) is 32.6 Å². The maximum Gasteiger partial charge on any atom is 0.262 e. The van der Waals surface area contributed by atoms with Crippen molar-refractivity contribution in [2.75, 3.05) is 25.0 Å². The van der Waals surface area contributed by atoms with Gasteiger partial charge in [0.1, 0.15) is 5.75 Å². The minimum absolute atomic E-state index is 0.170. The van der Waals surface area contributed by atoms with Gasteiger partial charge in [-0.2, -0.15) is 4.31 Å². The second-order valence-corrected chi connectivity index (χ2v) is 9.17. The molecule has 0 aliphatic rings. The average Bonchev–Trinajstić information content (AvgIpc) is 2.64. The highest BCUT2D eigenvalue weighted by atomic mass is 79.9. The third kappa shape index (κ3) is 5.33. The minimum atomic E-state index is -3.51. The Morgan fingerprint density at radius 2 is 1.61 bits per heavy atom. The summed E-state index contributed by atoms with van der Waals surface area (Å²) in [4.78, 5) is 12.4. The van der Waals surface area contributed by atoms with E-state index >= 15 is 0 Å². The highest BCUT2D eigenvalue weighted by Crippen LogP contribution is 2.25. The first-order valence-corrected chi connectivity index (χ1v) is 11.2. The molecule has 1 amide bonds. The van der Waals surface area contributed by atoms with E-state index in [0.717, 1.165) is 21.3 Å². The van der Waals surface area contributed by atoms with Crippen molar-refractivity contribution in [3.63, 3.8) is 0 Å². The van der Waals surface area contributed by atoms with Gasteiger partial charge < -0.3 is 10.1 Å². The molecule has 0 saturated carbocycles. The lowest BCUT2D eigenvalue weighted by Gasteiger charge is -2.18. The molecule has 8 heteroatoms. The van der Waals surface area contributed by atoms with Gasteiger partial charge in [-0.1, -0.05) is 29.8 Å². The van der Waals surface area contributed by atoms with Crippen LogP contribution in [0.1, 0.15) is 25.0 Å². The number of amides is 1. The second kappa shape index (κ2) is 9.54. The number of carbonyl (C=O) groups excluding carboxylic acids is 1. The third-order valence-electron chi connectivity index (χ3n) is 4.30. The molecule has 152 valence electrons. The van der Waals surface area contributed by atoms with Crippen LogP contribution in [0.2, 0.25) is 0 Å². The largest absolute Gasteiger partial charge is 0.484 e. The van der Waals surface area contributed by atoms with E-state index in [4.69, 9.17) is 4.74 Å². The van der Waals surface area contributed by atoms with Gasteiger partial charge in [0.25, 0.3) is 5.91 Å². The Morgan fingerprint density at radius 1 is 1.07 bits per heavy atom. The lowest BCUT2D eigenvalue weighted by atomic mass is 10.1. The molecule has 0 unspecified atom stereocenters. The number of anilines is 1. The summed E-state index contributed by atoms with van der Waals surface area (Å²) >= 11 is 3.43.